The van der Waals surface area contributed by atoms with Crippen LogP contribution < -0.4 is 5.32 Å². The molecule has 3 nitrogen and oxygen atoms in total. The fourth-order valence-corrected chi connectivity index (χ4v) is 2.16. The van der Waals surface area contributed by atoms with Crippen LogP contribution in [0.4, 0.5) is 0 Å². The van der Waals surface area contributed by atoms with Gasteiger partial charge in [-0.2, -0.15) is 0 Å². The van der Waals surface area contributed by atoms with Crippen molar-refractivity contribution in [3.63, 3.8) is 0 Å². The molecule has 1 heterocycles. The van der Waals surface area contributed by atoms with Crippen molar-refractivity contribution in [1.29, 1.82) is 0 Å². The molecule has 1 aromatic rings. The number of benzene rings is 1. The molecule has 0 radical (unpaired) electrons. The number of nitrogens with one attached hydrogen (secondary N) is 1. The summed E-state index contributed by atoms with van der Waals surface area (Å²) in [6.45, 7) is 7.14. The maximum absolute atomic E-state index is 5.78. The van der Waals surface area contributed by atoms with Gasteiger partial charge in [-0.25, -0.2) is 0 Å². The Hall–Kier alpha value is -1.35. The highest BCUT2D eigenvalue weighted by atomic mass is 16.5. The van der Waals surface area contributed by atoms with E-state index in [1.54, 1.807) is 0 Å². The van der Waals surface area contributed by atoms with Crippen LogP contribution in [0.3, 0.4) is 0 Å². The number of nitrogens with zero attached hydrogens (tertiary/aromatic N) is 1. The zero-order valence-corrected chi connectivity index (χ0v) is 11.4. The van der Waals surface area contributed by atoms with Gasteiger partial charge in [0.05, 0.1) is 12.6 Å². The lowest BCUT2D eigenvalue weighted by Gasteiger charge is -2.21. The van der Waals surface area contributed by atoms with E-state index in [1.165, 1.54) is 5.56 Å². The van der Waals surface area contributed by atoms with Gasteiger partial charge in [0.2, 0.25) is 5.90 Å². The van der Waals surface area contributed by atoms with E-state index in [4.69, 9.17) is 4.74 Å². The summed E-state index contributed by atoms with van der Waals surface area (Å²) in [6, 6.07) is 11.1. The first-order valence-electron chi connectivity index (χ1n) is 6.66. The van der Waals surface area contributed by atoms with E-state index in [0.717, 1.165) is 18.9 Å². The summed E-state index contributed by atoms with van der Waals surface area (Å²) < 4.78 is 5.78. The lowest BCUT2D eigenvalue weighted by molar-refractivity contribution is 0.230. The highest BCUT2D eigenvalue weighted by Gasteiger charge is 2.24. The van der Waals surface area contributed by atoms with E-state index in [-0.39, 0.29) is 12.1 Å². The molecule has 18 heavy (non-hydrogen) atoms. The van der Waals surface area contributed by atoms with E-state index in [2.05, 4.69) is 55.3 Å². The van der Waals surface area contributed by atoms with Crippen LogP contribution in [-0.4, -0.2) is 30.6 Å². The highest BCUT2D eigenvalue weighted by Crippen LogP contribution is 2.12. The summed E-state index contributed by atoms with van der Waals surface area (Å²) in [4.78, 5) is 4.50. The summed E-state index contributed by atoms with van der Waals surface area (Å²) >= 11 is 0. The summed E-state index contributed by atoms with van der Waals surface area (Å²) in [5.74, 6) is 0.861. The predicted octanol–water partition coefficient (Wildman–Crippen LogP) is 2.41. The quantitative estimate of drug-likeness (QED) is 0.865. The van der Waals surface area contributed by atoms with Crippen LogP contribution in [0, 0.1) is 0 Å². The Morgan fingerprint density at radius 3 is 2.61 bits per heavy atom. The van der Waals surface area contributed by atoms with Gasteiger partial charge in [-0.3, -0.25) is 4.99 Å². The van der Waals surface area contributed by atoms with Gasteiger partial charge in [0.25, 0.3) is 0 Å². The molecule has 0 amide bonds. The molecular formula is C15H22N2O. The van der Waals surface area contributed by atoms with Crippen LogP contribution in [0.15, 0.2) is 35.3 Å². The Labute approximate surface area is 109 Å². The Bertz CT molecular complexity index is 400. The Morgan fingerprint density at radius 2 is 2.06 bits per heavy atom. The second-order valence-electron chi connectivity index (χ2n) is 5.17. The van der Waals surface area contributed by atoms with Gasteiger partial charge >= 0.3 is 0 Å². The number of hydrogen-bond donors (Lipinski definition) is 1. The van der Waals surface area contributed by atoms with Crippen molar-refractivity contribution in [1.82, 2.24) is 5.32 Å². The van der Waals surface area contributed by atoms with Gasteiger partial charge in [-0.15, -0.1) is 0 Å². The van der Waals surface area contributed by atoms with Crippen molar-refractivity contribution in [3.8, 4) is 0 Å². The molecule has 2 rings (SSSR count). The topological polar surface area (TPSA) is 33.6 Å². The van der Waals surface area contributed by atoms with E-state index in [9.17, 15) is 0 Å². The van der Waals surface area contributed by atoms with Crippen molar-refractivity contribution < 1.29 is 4.74 Å². The van der Waals surface area contributed by atoms with E-state index in [0.29, 0.717) is 6.04 Å². The summed E-state index contributed by atoms with van der Waals surface area (Å²) in [6.07, 6.45) is 1.14. The average molecular weight is 246 g/mol. The molecule has 1 unspecified atom stereocenters. The molecule has 0 bridgehead atoms. The molecule has 2 atom stereocenters. The van der Waals surface area contributed by atoms with Crippen molar-refractivity contribution in [2.24, 2.45) is 4.99 Å². The van der Waals surface area contributed by atoms with Crippen LogP contribution in [-0.2, 0) is 11.2 Å². The molecule has 0 spiro atoms. The van der Waals surface area contributed by atoms with Crippen LogP contribution in [0.5, 0.6) is 0 Å². The Morgan fingerprint density at radius 1 is 1.33 bits per heavy atom. The number of ether oxygens (including phenoxy) is 1. The first-order chi connectivity index (χ1) is 8.65. The lowest BCUT2D eigenvalue weighted by atomic mass is 10.1. The highest BCUT2D eigenvalue weighted by molar-refractivity contribution is 5.83. The van der Waals surface area contributed by atoms with Crippen molar-refractivity contribution >= 4 is 5.90 Å². The maximum atomic E-state index is 5.78. The normalized spacial score (nSPS) is 20.7. The molecule has 98 valence electrons. The maximum Gasteiger partial charge on any atom is 0.201 e. The third-order valence-electron chi connectivity index (χ3n) is 2.94. The largest absolute Gasteiger partial charge is 0.475 e. The smallest absolute Gasteiger partial charge is 0.201 e. The lowest BCUT2D eigenvalue weighted by Crippen LogP contribution is -2.43. The molecule has 1 aromatic carbocycles. The Kier molecular flexibility index (Phi) is 4.37. The van der Waals surface area contributed by atoms with E-state index in [1.807, 2.05) is 6.07 Å². The minimum Gasteiger partial charge on any atom is -0.475 e. The molecule has 1 aliphatic heterocycles. The number of rotatable bonds is 5. The van der Waals surface area contributed by atoms with Gasteiger partial charge in [0, 0.05) is 6.04 Å². The van der Waals surface area contributed by atoms with Gasteiger partial charge in [-0.1, -0.05) is 44.2 Å². The van der Waals surface area contributed by atoms with Crippen molar-refractivity contribution in [3.05, 3.63) is 35.9 Å². The van der Waals surface area contributed by atoms with Crippen molar-refractivity contribution in [2.75, 3.05) is 6.54 Å². The Balaban J connectivity index is 2.06. The standard InChI is InChI=1S/C15H22N2O/c1-11(2)17-14(15-16-10-12(3)18-15)9-13-7-5-4-6-8-13/h4-8,11-12,14,17H,9-10H2,1-3H3/t12-,14?/m1/s1. The predicted molar refractivity (Wildman–Crippen MR) is 75.1 cm³/mol. The van der Waals surface area contributed by atoms with Gasteiger partial charge in [0.15, 0.2) is 0 Å². The summed E-state index contributed by atoms with van der Waals surface area (Å²) in [5, 5.41) is 3.54. The van der Waals surface area contributed by atoms with Crippen LogP contribution in [0.1, 0.15) is 26.3 Å². The number of aliphatic imine (C=N–C) groups is 1. The van der Waals surface area contributed by atoms with Crippen LogP contribution in [0.25, 0.3) is 0 Å². The van der Waals surface area contributed by atoms with Gasteiger partial charge in [-0.05, 0) is 18.9 Å². The van der Waals surface area contributed by atoms with Crippen LogP contribution >= 0.6 is 0 Å². The summed E-state index contributed by atoms with van der Waals surface area (Å²) in [5.41, 5.74) is 1.31. The average Bonchev–Trinajstić information content (AvgIpc) is 2.76. The molecule has 0 aliphatic carbocycles. The molecule has 0 saturated heterocycles. The molecular weight excluding hydrogens is 224 g/mol. The fraction of sp³-hybridized carbons (Fsp3) is 0.533. The first-order valence-corrected chi connectivity index (χ1v) is 6.66. The molecule has 1 aliphatic rings. The first kappa shape index (κ1) is 13.1. The van der Waals surface area contributed by atoms with Gasteiger partial charge < -0.3 is 10.1 Å². The third kappa shape index (κ3) is 3.57. The van der Waals surface area contributed by atoms with Crippen molar-refractivity contribution in [2.45, 2.75) is 45.4 Å². The third-order valence-corrected chi connectivity index (χ3v) is 2.94. The number of hydrogen-bond acceptors (Lipinski definition) is 3. The van der Waals surface area contributed by atoms with E-state index >= 15 is 0 Å². The fourth-order valence-electron chi connectivity index (χ4n) is 2.16. The molecule has 0 saturated carbocycles. The second-order valence-corrected chi connectivity index (χ2v) is 5.17. The van der Waals surface area contributed by atoms with E-state index < -0.39 is 0 Å². The zero-order chi connectivity index (χ0) is 13.0. The monoisotopic (exact) mass is 246 g/mol. The van der Waals surface area contributed by atoms with Crippen LogP contribution in [0.2, 0.25) is 0 Å². The molecule has 0 fully saturated rings. The molecule has 3 heteroatoms. The second kappa shape index (κ2) is 6.01. The van der Waals surface area contributed by atoms with Gasteiger partial charge in [0.1, 0.15) is 6.10 Å². The molecule has 1 N–H and O–H groups in total. The summed E-state index contributed by atoms with van der Waals surface area (Å²) in [7, 11) is 0. The minimum atomic E-state index is 0.178. The SMILES string of the molecule is CC(C)NC(Cc1ccccc1)C1=NC[C@@H](C)O1. The molecule has 0 aromatic heterocycles. The zero-order valence-electron chi connectivity index (χ0n) is 11.4. The minimum absolute atomic E-state index is 0.178.